The quantitative estimate of drug-likeness (QED) is 0.794. The van der Waals surface area contributed by atoms with Crippen LogP contribution in [0.15, 0.2) is 10.7 Å². The predicted molar refractivity (Wildman–Crippen MR) is 71.2 cm³/mol. The molecule has 0 saturated carbocycles. The van der Waals surface area contributed by atoms with Gasteiger partial charge in [-0.2, -0.15) is 15.4 Å². The fourth-order valence-corrected chi connectivity index (χ4v) is 2.39. The summed E-state index contributed by atoms with van der Waals surface area (Å²) in [6, 6.07) is 0. The molecule has 0 atom stereocenters. The number of rotatable bonds is 1. The summed E-state index contributed by atoms with van der Waals surface area (Å²) in [6.07, 6.45) is 1.61. The summed E-state index contributed by atoms with van der Waals surface area (Å²) in [4.78, 5) is 7.53. The summed E-state index contributed by atoms with van der Waals surface area (Å²) in [5, 5.41) is 10.3. The van der Waals surface area contributed by atoms with Crippen molar-refractivity contribution in [3.05, 3.63) is 21.0 Å². The molecule has 0 radical (unpaired) electrons. The second-order valence-electron chi connectivity index (χ2n) is 4.68. The fourth-order valence-electron chi connectivity index (χ4n) is 1.41. The number of hydrogen-bond donors (Lipinski definition) is 2. The molecule has 2 rings (SSSR count). The van der Waals surface area contributed by atoms with Crippen molar-refractivity contribution in [3.8, 4) is 11.5 Å². The summed E-state index contributed by atoms with van der Waals surface area (Å²) in [5.74, 6) is 0.622. The van der Waals surface area contributed by atoms with Gasteiger partial charge in [0.05, 0.1) is 10.7 Å². The van der Waals surface area contributed by atoms with Gasteiger partial charge in [0.15, 0.2) is 5.82 Å². The van der Waals surface area contributed by atoms with Crippen molar-refractivity contribution in [1.29, 1.82) is 0 Å². The van der Waals surface area contributed by atoms with Gasteiger partial charge < -0.3 is 4.98 Å². The van der Waals surface area contributed by atoms with Crippen LogP contribution in [-0.2, 0) is 5.41 Å². The van der Waals surface area contributed by atoms with E-state index in [1.807, 2.05) is 0 Å². The Hall–Kier alpha value is -1.08. The molecule has 2 aromatic heterocycles. The van der Waals surface area contributed by atoms with E-state index in [0.717, 1.165) is 10.2 Å². The van der Waals surface area contributed by atoms with E-state index < -0.39 is 0 Å². The zero-order valence-electron chi connectivity index (χ0n) is 9.71. The average molecular weight is 314 g/mol. The summed E-state index contributed by atoms with van der Waals surface area (Å²) in [5.41, 5.74) is 1.58. The standard InChI is InChI=1S/C10H12BrN5S/c1-10(2,3)7-6(11)9(17)14-8(13-7)5-4-12-16-15-5/h4H,1-3H3,(H,12,15,16)(H,13,14,17). The number of H-pyrrole nitrogens is 2. The van der Waals surface area contributed by atoms with Crippen molar-refractivity contribution in [3.63, 3.8) is 0 Å². The van der Waals surface area contributed by atoms with E-state index in [2.05, 4.69) is 62.1 Å². The summed E-state index contributed by atoms with van der Waals surface area (Å²) >= 11 is 8.71. The molecule has 0 amide bonds. The molecule has 0 saturated heterocycles. The van der Waals surface area contributed by atoms with Crippen molar-refractivity contribution < 1.29 is 0 Å². The van der Waals surface area contributed by atoms with Gasteiger partial charge in [-0.25, -0.2) is 4.98 Å². The van der Waals surface area contributed by atoms with Gasteiger partial charge in [0.2, 0.25) is 0 Å². The minimum Gasteiger partial charge on any atom is -0.340 e. The smallest absolute Gasteiger partial charge is 0.161 e. The molecule has 0 spiro atoms. The third-order valence-corrected chi connectivity index (χ3v) is 3.60. The molecule has 5 nitrogen and oxygen atoms in total. The van der Waals surface area contributed by atoms with Crippen molar-refractivity contribution in [2.45, 2.75) is 26.2 Å². The molecule has 2 N–H and O–H groups in total. The normalized spacial score (nSPS) is 11.8. The van der Waals surface area contributed by atoms with Crippen LogP contribution in [0.4, 0.5) is 0 Å². The predicted octanol–water partition coefficient (Wildman–Crippen LogP) is 2.98. The van der Waals surface area contributed by atoms with E-state index in [-0.39, 0.29) is 5.41 Å². The summed E-state index contributed by atoms with van der Waals surface area (Å²) < 4.78 is 1.35. The number of hydrogen-bond acceptors (Lipinski definition) is 4. The van der Waals surface area contributed by atoms with Gasteiger partial charge in [-0.1, -0.05) is 33.0 Å². The van der Waals surface area contributed by atoms with E-state index >= 15 is 0 Å². The Bertz CT molecular complexity index is 582. The number of nitrogens with zero attached hydrogens (tertiary/aromatic N) is 3. The Morgan fingerprint density at radius 2 is 2.06 bits per heavy atom. The van der Waals surface area contributed by atoms with Gasteiger partial charge in [-0.05, 0) is 15.9 Å². The third-order valence-electron chi connectivity index (χ3n) is 2.27. The van der Waals surface area contributed by atoms with E-state index in [0.29, 0.717) is 16.2 Å². The van der Waals surface area contributed by atoms with Gasteiger partial charge in [0, 0.05) is 11.1 Å². The summed E-state index contributed by atoms with van der Waals surface area (Å²) in [7, 11) is 0. The fraction of sp³-hybridized carbons (Fsp3) is 0.400. The number of nitrogens with one attached hydrogen (secondary N) is 2. The van der Waals surface area contributed by atoms with Crippen LogP contribution in [0.25, 0.3) is 11.5 Å². The first-order valence-corrected chi connectivity index (χ1v) is 6.26. The lowest BCUT2D eigenvalue weighted by Gasteiger charge is -2.20. The molecular weight excluding hydrogens is 302 g/mol. The van der Waals surface area contributed by atoms with Crippen LogP contribution in [0.2, 0.25) is 0 Å². The van der Waals surface area contributed by atoms with Crippen molar-refractivity contribution in [1.82, 2.24) is 25.4 Å². The lowest BCUT2D eigenvalue weighted by molar-refractivity contribution is 0.563. The highest BCUT2D eigenvalue weighted by molar-refractivity contribution is 9.10. The molecule has 0 aromatic carbocycles. The van der Waals surface area contributed by atoms with Gasteiger partial charge in [-0.15, -0.1) is 0 Å². The van der Waals surface area contributed by atoms with E-state index in [4.69, 9.17) is 12.2 Å². The van der Waals surface area contributed by atoms with Crippen molar-refractivity contribution in [2.75, 3.05) is 0 Å². The lowest BCUT2D eigenvalue weighted by Crippen LogP contribution is -2.16. The Morgan fingerprint density at radius 1 is 1.35 bits per heavy atom. The van der Waals surface area contributed by atoms with Gasteiger partial charge in [-0.3, -0.25) is 0 Å². The maximum Gasteiger partial charge on any atom is 0.161 e. The van der Waals surface area contributed by atoms with Crippen LogP contribution in [-0.4, -0.2) is 25.4 Å². The monoisotopic (exact) mass is 313 g/mol. The molecule has 17 heavy (non-hydrogen) atoms. The minimum absolute atomic E-state index is 0.0617. The largest absolute Gasteiger partial charge is 0.340 e. The molecule has 90 valence electrons. The second kappa shape index (κ2) is 4.30. The molecule has 0 bridgehead atoms. The first kappa shape index (κ1) is 12.4. The highest BCUT2D eigenvalue weighted by atomic mass is 79.9. The molecule has 0 fully saturated rings. The van der Waals surface area contributed by atoms with Crippen LogP contribution in [0.5, 0.6) is 0 Å². The van der Waals surface area contributed by atoms with Crippen molar-refractivity contribution in [2.24, 2.45) is 0 Å². The number of aromatic amines is 2. The van der Waals surface area contributed by atoms with Crippen LogP contribution >= 0.6 is 28.1 Å². The molecule has 0 aliphatic heterocycles. The zero-order chi connectivity index (χ0) is 12.6. The van der Waals surface area contributed by atoms with Crippen LogP contribution in [0, 0.1) is 4.64 Å². The van der Waals surface area contributed by atoms with Crippen LogP contribution < -0.4 is 0 Å². The number of aromatic nitrogens is 5. The van der Waals surface area contributed by atoms with Gasteiger partial charge >= 0.3 is 0 Å². The Balaban J connectivity index is 2.67. The van der Waals surface area contributed by atoms with Gasteiger partial charge in [0.25, 0.3) is 0 Å². The van der Waals surface area contributed by atoms with Crippen molar-refractivity contribution >= 4 is 28.1 Å². The minimum atomic E-state index is -0.0617. The maximum atomic E-state index is 5.23. The third kappa shape index (κ3) is 2.44. The SMILES string of the molecule is CC(C)(C)c1[nH]c(-c2cn[nH]n2)nc(=S)c1Br. The highest BCUT2D eigenvalue weighted by Crippen LogP contribution is 2.29. The molecule has 2 aromatic rings. The first-order chi connectivity index (χ1) is 7.89. The van der Waals surface area contributed by atoms with Crippen LogP contribution in [0.3, 0.4) is 0 Å². The Labute approximate surface area is 112 Å². The first-order valence-electron chi connectivity index (χ1n) is 5.06. The van der Waals surface area contributed by atoms with Gasteiger partial charge in [0.1, 0.15) is 10.3 Å². The Kier molecular flexibility index (Phi) is 3.13. The van der Waals surface area contributed by atoms with E-state index in [1.165, 1.54) is 0 Å². The number of halogens is 1. The lowest BCUT2D eigenvalue weighted by atomic mass is 9.92. The van der Waals surface area contributed by atoms with E-state index in [9.17, 15) is 0 Å². The van der Waals surface area contributed by atoms with E-state index in [1.54, 1.807) is 6.20 Å². The highest BCUT2D eigenvalue weighted by Gasteiger charge is 2.20. The maximum absolute atomic E-state index is 5.23. The zero-order valence-corrected chi connectivity index (χ0v) is 12.1. The van der Waals surface area contributed by atoms with Crippen LogP contribution in [0.1, 0.15) is 26.5 Å². The molecule has 2 heterocycles. The summed E-state index contributed by atoms with van der Waals surface area (Å²) in [6.45, 7) is 6.31. The average Bonchev–Trinajstić information content (AvgIpc) is 2.73. The molecular formula is C10H12BrN5S. The molecule has 0 unspecified atom stereocenters. The molecule has 0 aliphatic rings. The topological polar surface area (TPSA) is 70.2 Å². The Morgan fingerprint density at radius 3 is 2.59 bits per heavy atom. The molecule has 0 aliphatic carbocycles. The second-order valence-corrected chi connectivity index (χ2v) is 5.86. The molecule has 7 heteroatoms.